The molecule has 1 aromatic rings. The number of hydrogen-bond donors (Lipinski definition) is 1. The first kappa shape index (κ1) is 11.2. The number of aromatic nitrogens is 3. The quantitative estimate of drug-likeness (QED) is 0.798. The largest absolute Gasteiger partial charge is 0.386 e. The van der Waals surface area contributed by atoms with Gasteiger partial charge in [-0.3, -0.25) is 4.68 Å². The molecule has 0 aliphatic heterocycles. The van der Waals surface area contributed by atoms with E-state index in [4.69, 9.17) is 0 Å². The van der Waals surface area contributed by atoms with Gasteiger partial charge in [-0.05, 0) is 11.8 Å². The summed E-state index contributed by atoms with van der Waals surface area (Å²) in [6.45, 7) is 9.02. The summed E-state index contributed by atoms with van der Waals surface area (Å²) >= 11 is 0. The van der Waals surface area contributed by atoms with Gasteiger partial charge in [-0.25, -0.2) is 0 Å². The average molecular weight is 197 g/mol. The molecule has 1 rings (SSSR count). The molecule has 80 valence electrons. The fraction of sp³-hybridized carbons (Fsp3) is 0.800. The first-order valence-corrected chi connectivity index (χ1v) is 5.08. The summed E-state index contributed by atoms with van der Waals surface area (Å²) in [5.41, 5.74) is 0.667. The van der Waals surface area contributed by atoms with E-state index >= 15 is 0 Å². The van der Waals surface area contributed by atoms with Crippen molar-refractivity contribution >= 4 is 0 Å². The van der Waals surface area contributed by atoms with E-state index < -0.39 is 6.10 Å². The maximum Gasteiger partial charge on any atom is 0.111 e. The third-order valence-corrected chi connectivity index (χ3v) is 2.04. The number of hydrogen-bond acceptors (Lipinski definition) is 3. The van der Waals surface area contributed by atoms with E-state index in [1.807, 2.05) is 20.0 Å². The van der Waals surface area contributed by atoms with E-state index in [1.54, 1.807) is 4.68 Å². The van der Waals surface area contributed by atoms with Crippen molar-refractivity contribution in [3.8, 4) is 0 Å². The molecule has 0 saturated carbocycles. The lowest BCUT2D eigenvalue weighted by Gasteiger charge is -2.10. The van der Waals surface area contributed by atoms with Crippen LogP contribution in [0.4, 0.5) is 0 Å². The van der Waals surface area contributed by atoms with E-state index in [9.17, 15) is 5.11 Å². The number of nitrogens with zero attached hydrogens (tertiary/aromatic N) is 3. The fourth-order valence-electron chi connectivity index (χ4n) is 1.25. The smallest absolute Gasteiger partial charge is 0.111 e. The van der Waals surface area contributed by atoms with Crippen molar-refractivity contribution in [2.24, 2.45) is 11.8 Å². The van der Waals surface area contributed by atoms with Crippen LogP contribution in [0.3, 0.4) is 0 Å². The Hall–Kier alpha value is -0.900. The molecule has 1 heterocycles. The number of rotatable bonds is 4. The third kappa shape index (κ3) is 2.80. The molecule has 0 aliphatic rings. The molecule has 0 radical (unpaired) electrons. The molecule has 0 bridgehead atoms. The number of aliphatic hydroxyl groups is 1. The lowest BCUT2D eigenvalue weighted by atomic mass is 10.1. The first-order chi connectivity index (χ1) is 6.50. The second-order valence-corrected chi connectivity index (χ2v) is 4.45. The zero-order valence-electron chi connectivity index (χ0n) is 9.31. The van der Waals surface area contributed by atoms with E-state index in [-0.39, 0.29) is 5.92 Å². The molecule has 4 nitrogen and oxygen atoms in total. The van der Waals surface area contributed by atoms with Crippen molar-refractivity contribution in [3.63, 3.8) is 0 Å². The topological polar surface area (TPSA) is 50.9 Å². The lowest BCUT2D eigenvalue weighted by Crippen LogP contribution is -2.06. The second kappa shape index (κ2) is 4.55. The van der Waals surface area contributed by atoms with Gasteiger partial charge in [-0.15, -0.1) is 5.10 Å². The van der Waals surface area contributed by atoms with Crippen LogP contribution < -0.4 is 0 Å². The van der Waals surface area contributed by atoms with Crippen molar-refractivity contribution in [1.82, 2.24) is 15.0 Å². The van der Waals surface area contributed by atoms with Gasteiger partial charge in [0.15, 0.2) is 0 Å². The molecule has 4 heteroatoms. The molecule has 0 aromatic carbocycles. The summed E-state index contributed by atoms with van der Waals surface area (Å²) in [5, 5.41) is 17.6. The SMILES string of the molecule is CC(C)Cn1cc(C(O)C(C)C)nn1. The van der Waals surface area contributed by atoms with Gasteiger partial charge < -0.3 is 5.11 Å². The summed E-state index contributed by atoms with van der Waals surface area (Å²) in [6.07, 6.45) is 1.32. The van der Waals surface area contributed by atoms with E-state index in [2.05, 4.69) is 24.2 Å². The summed E-state index contributed by atoms with van der Waals surface area (Å²) < 4.78 is 1.78. The van der Waals surface area contributed by atoms with Gasteiger partial charge in [0.1, 0.15) is 11.8 Å². The Morgan fingerprint density at radius 2 is 2.00 bits per heavy atom. The highest BCUT2D eigenvalue weighted by atomic mass is 16.3. The van der Waals surface area contributed by atoms with Crippen molar-refractivity contribution in [1.29, 1.82) is 0 Å². The van der Waals surface area contributed by atoms with Gasteiger partial charge in [-0.1, -0.05) is 32.9 Å². The Morgan fingerprint density at radius 3 is 2.50 bits per heavy atom. The highest BCUT2D eigenvalue weighted by Crippen LogP contribution is 2.18. The summed E-state index contributed by atoms with van der Waals surface area (Å²) in [7, 11) is 0. The normalized spacial score (nSPS) is 13.9. The minimum Gasteiger partial charge on any atom is -0.386 e. The molecule has 0 fully saturated rings. The average Bonchev–Trinajstić information content (AvgIpc) is 2.50. The standard InChI is InChI=1S/C10H19N3O/c1-7(2)5-13-6-9(11-12-13)10(14)8(3)4/h6-8,10,14H,5H2,1-4H3. The van der Waals surface area contributed by atoms with Gasteiger partial charge in [0.25, 0.3) is 0 Å². The summed E-state index contributed by atoms with van der Waals surface area (Å²) in [6, 6.07) is 0. The zero-order chi connectivity index (χ0) is 10.7. The van der Waals surface area contributed by atoms with Crippen LogP contribution in [0, 0.1) is 11.8 Å². The van der Waals surface area contributed by atoms with Crippen LogP contribution in [0.1, 0.15) is 39.5 Å². The van der Waals surface area contributed by atoms with Crippen molar-refractivity contribution in [2.45, 2.75) is 40.3 Å². The van der Waals surface area contributed by atoms with E-state index in [0.717, 1.165) is 6.54 Å². The Labute approximate surface area is 84.9 Å². The molecule has 1 aromatic heterocycles. The Kier molecular flexibility index (Phi) is 3.63. The van der Waals surface area contributed by atoms with Crippen LogP contribution >= 0.6 is 0 Å². The van der Waals surface area contributed by atoms with Crippen LogP contribution in [-0.2, 0) is 6.54 Å². The van der Waals surface area contributed by atoms with Crippen LogP contribution in [0.25, 0.3) is 0 Å². The second-order valence-electron chi connectivity index (χ2n) is 4.45. The highest BCUT2D eigenvalue weighted by Gasteiger charge is 2.15. The summed E-state index contributed by atoms with van der Waals surface area (Å²) in [4.78, 5) is 0. The molecule has 0 spiro atoms. The van der Waals surface area contributed by atoms with Crippen molar-refractivity contribution in [3.05, 3.63) is 11.9 Å². The van der Waals surface area contributed by atoms with Crippen molar-refractivity contribution in [2.75, 3.05) is 0 Å². The molecule has 14 heavy (non-hydrogen) atoms. The molecular formula is C10H19N3O. The van der Waals surface area contributed by atoms with Gasteiger partial charge in [0, 0.05) is 6.54 Å². The van der Waals surface area contributed by atoms with Gasteiger partial charge >= 0.3 is 0 Å². The highest BCUT2D eigenvalue weighted by molar-refractivity contribution is 4.98. The Balaban J connectivity index is 2.67. The minimum absolute atomic E-state index is 0.180. The molecule has 0 aliphatic carbocycles. The first-order valence-electron chi connectivity index (χ1n) is 5.08. The van der Waals surface area contributed by atoms with Gasteiger partial charge in [0.2, 0.25) is 0 Å². The summed E-state index contributed by atoms with van der Waals surface area (Å²) in [5.74, 6) is 0.722. The molecular weight excluding hydrogens is 178 g/mol. The molecule has 1 unspecified atom stereocenters. The van der Waals surface area contributed by atoms with Crippen LogP contribution in [-0.4, -0.2) is 20.1 Å². The van der Waals surface area contributed by atoms with Crippen molar-refractivity contribution < 1.29 is 5.11 Å². The molecule has 1 N–H and O–H groups in total. The Bertz CT molecular complexity index is 281. The van der Waals surface area contributed by atoms with Crippen LogP contribution in [0.5, 0.6) is 0 Å². The van der Waals surface area contributed by atoms with Gasteiger partial charge in [0.05, 0.1) is 6.20 Å². The zero-order valence-corrected chi connectivity index (χ0v) is 9.31. The van der Waals surface area contributed by atoms with E-state index in [1.165, 1.54) is 0 Å². The van der Waals surface area contributed by atoms with Gasteiger partial charge in [-0.2, -0.15) is 0 Å². The third-order valence-electron chi connectivity index (χ3n) is 2.04. The van der Waals surface area contributed by atoms with E-state index in [0.29, 0.717) is 11.6 Å². The predicted octanol–water partition coefficient (Wildman–Crippen LogP) is 1.62. The minimum atomic E-state index is -0.504. The maximum atomic E-state index is 9.73. The molecule has 0 amide bonds. The predicted molar refractivity (Wildman–Crippen MR) is 54.7 cm³/mol. The lowest BCUT2D eigenvalue weighted by molar-refractivity contribution is 0.122. The monoisotopic (exact) mass is 197 g/mol. The Morgan fingerprint density at radius 1 is 1.36 bits per heavy atom. The molecule has 1 atom stereocenters. The number of aliphatic hydroxyl groups excluding tert-OH is 1. The fourth-order valence-corrected chi connectivity index (χ4v) is 1.25. The maximum absolute atomic E-state index is 9.73. The molecule has 0 saturated heterocycles. The van der Waals surface area contributed by atoms with Crippen LogP contribution in [0.15, 0.2) is 6.20 Å². The van der Waals surface area contributed by atoms with Crippen LogP contribution in [0.2, 0.25) is 0 Å².